The van der Waals surface area contributed by atoms with Gasteiger partial charge in [0.2, 0.25) is 0 Å². The number of nitrogens with one attached hydrogen (secondary N) is 2. The summed E-state index contributed by atoms with van der Waals surface area (Å²) in [4.78, 5) is 22.2. The molecular formula is C15H22N2O6. The van der Waals surface area contributed by atoms with Crippen LogP contribution in [0.25, 0.3) is 0 Å². The SMILES string of the molecule is COc1ccc(CNNC(=O)OC(C)(C)C)c(OCC(=O)O)c1. The lowest BCUT2D eigenvalue weighted by Crippen LogP contribution is -2.40. The summed E-state index contributed by atoms with van der Waals surface area (Å²) in [7, 11) is 1.50. The molecule has 3 N–H and O–H groups in total. The first-order chi connectivity index (χ1) is 10.7. The zero-order valence-electron chi connectivity index (χ0n) is 13.6. The first-order valence-corrected chi connectivity index (χ1v) is 6.94. The molecule has 23 heavy (non-hydrogen) atoms. The zero-order valence-corrected chi connectivity index (χ0v) is 13.6. The predicted molar refractivity (Wildman–Crippen MR) is 82.3 cm³/mol. The van der Waals surface area contributed by atoms with Crippen LogP contribution in [0.15, 0.2) is 18.2 Å². The van der Waals surface area contributed by atoms with Gasteiger partial charge in [-0.25, -0.2) is 15.0 Å². The van der Waals surface area contributed by atoms with Crippen molar-refractivity contribution >= 4 is 12.1 Å². The van der Waals surface area contributed by atoms with Gasteiger partial charge in [-0.2, -0.15) is 0 Å². The van der Waals surface area contributed by atoms with Crippen LogP contribution in [0.5, 0.6) is 11.5 Å². The molecule has 0 fully saturated rings. The molecule has 128 valence electrons. The number of aliphatic carboxylic acids is 1. The third-order valence-electron chi connectivity index (χ3n) is 2.49. The second-order valence-corrected chi connectivity index (χ2v) is 5.64. The molecule has 8 heteroatoms. The predicted octanol–water partition coefficient (Wildman–Crippen LogP) is 1.69. The number of hydrogen-bond acceptors (Lipinski definition) is 6. The van der Waals surface area contributed by atoms with E-state index >= 15 is 0 Å². The first kappa shape index (κ1) is 18.6. The topological polar surface area (TPSA) is 106 Å². The molecule has 0 bridgehead atoms. The lowest BCUT2D eigenvalue weighted by atomic mass is 10.2. The fourth-order valence-corrected chi connectivity index (χ4v) is 1.60. The van der Waals surface area contributed by atoms with Crippen molar-refractivity contribution in [3.63, 3.8) is 0 Å². The number of hydrazine groups is 1. The number of hydrogen-bond donors (Lipinski definition) is 3. The number of benzene rings is 1. The van der Waals surface area contributed by atoms with Crippen LogP contribution in [0, 0.1) is 0 Å². The van der Waals surface area contributed by atoms with Gasteiger partial charge < -0.3 is 19.3 Å². The van der Waals surface area contributed by atoms with E-state index in [1.807, 2.05) is 0 Å². The highest BCUT2D eigenvalue weighted by molar-refractivity contribution is 5.68. The van der Waals surface area contributed by atoms with Crippen molar-refractivity contribution in [2.75, 3.05) is 13.7 Å². The van der Waals surface area contributed by atoms with Crippen LogP contribution in [-0.2, 0) is 16.1 Å². The fraction of sp³-hybridized carbons (Fsp3) is 0.467. The summed E-state index contributed by atoms with van der Waals surface area (Å²) >= 11 is 0. The number of carbonyl (C=O) groups is 2. The van der Waals surface area contributed by atoms with Crippen LogP contribution in [0.1, 0.15) is 26.3 Å². The minimum absolute atomic E-state index is 0.220. The largest absolute Gasteiger partial charge is 0.497 e. The lowest BCUT2D eigenvalue weighted by molar-refractivity contribution is -0.139. The molecule has 1 aromatic carbocycles. The quantitative estimate of drug-likeness (QED) is 0.655. The molecule has 0 spiro atoms. The van der Waals surface area contributed by atoms with Crippen molar-refractivity contribution in [3.8, 4) is 11.5 Å². The maximum Gasteiger partial charge on any atom is 0.422 e. The van der Waals surface area contributed by atoms with Crippen LogP contribution >= 0.6 is 0 Å². The van der Waals surface area contributed by atoms with Gasteiger partial charge in [-0.3, -0.25) is 5.43 Å². The van der Waals surface area contributed by atoms with E-state index in [1.165, 1.54) is 7.11 Å². The lowest BCUT2D eigenvalue weighted by Gasteiger charge is -2.20. The van der Waals surface area contributed by atoms with Gasteiger partial charge in [0.25, 0.3) is 0 Å². The highest BCUT2D eigenvalue weighted by Crippen LogP contribution is 2.24. The maximum absolute atomic E-state index is 11.5. The summed E-state index contributed by atoms with van der Waals surface area (Å²) in [5, 5.41) is 8.70. The first-order valence-electron chi connectivity index (χ1n) is 6.94. The van der Waals surface area contributed by atoms with E-state index in [2.05, 4.69) is 10.9 Å². The van der Waals surface area contributed by atoms with Gasteiger partial charge in [0.15, 0.2) is 6.61 Å². The zero-order chi connectivity index (χ0) is 17.5. The van der Waals surface area contributed by atoms with E-state index in [0.29, 0.717) is 17.1 Å². The molecule has 0 saturated carbocycles. The fourth-order valence-electron chi connectivity index (χ4n) is 1.60. The van der Waals surface area contributed by atoms with E-state index in [4.69, 9.17) is 19.3 Å². The molecule has 0 unspecified atom stereocenters. The molecule has 0 heterocycles. The van der Waals surface area contributed by atoms with Crippen LogP contribution in [-0.4, -0.2) is 36.5 Å². The van der Waals surface area contributed by atoms with E-state index < -0.39 is 24.3 Å². The second kappa shape index (κ2) is 8.23. The number of methoxy groups -OCH3 is 1. The Hall–Kier alpha value is -2.48. The molecule has 8 nitrogen and oxygen atoms in total. The Morgan fingerprint density at radius 1 is 1.26 bits per heavy atom. The summed E-state index contributed by atoms with van der Waals surface area (Å²) in [6, 6.07) is 4.99. The molecule has 0 saturated heterocycles. The summed E-state index contributed by atoms with van der Waals surface area (Å²) in [6.45, 7) is 5.02. The smallest absolute Gasteiger partial charge is 0.422 e. The molecule has 0 radical (unpaired) electrons. The van der Waals surface area contributed by atoms with E-state index in [9.17, 15) is 9.59 Å². The van der Waals surface area contributed by atoms with Crippen LogP contribution in [0.2, 0.25) is 0 Å². The summed E-state index contributed by atoms with van der Waals surface area (Å²) in [5.41, 5.74) is 5.15. The Morgan fingerprint density at radius 2 is 1.96 bits per heavy atom. The van der Waals surface area contributed by atoms with Crippen LogP contribution < -0.4 is 20.3 Å². The second-order valence-electron chi connectivity index (χ2n) is 5.64. The monoisotopic (exact) mass is 326 g/mol. The van der Waals surface area contributed by atoms with Crippen LogP contribution in [0.3, 0.4) is 0 Å². The number of carboxylic acid groups (broad SMARTS) is 1. The number of rotatable bonds is 7. The molecule has 1 aromatic rings. The Labute approximate surface area is 134 Å². The molecule has 1 amide bonds. The Bertz CT molecular complexity index is 553. The molecule has 0 aliphatic heterocycles. The minimum Gasteiger partial charge on any atom is -0.497 e. The molecule has 0 aliphatic rings. The maximum atomic E-state index is 11.5. The Morgan fingerprint density at radius 3 is 2.52 bits per heavy atom. The normalized spacial score (nSPS) is 10.8. The van der Waals surface area contributed by atoms with Gasteiger partial charge in [-0.05, 0) is 26.8 Å². The highest BCUT2D eigenvalue weighted by atomic mass is 16.6. The van der Waals surface area contributed by atoms with Gasteiger partial charge in [0.1, 0.15) is 17.1 Å². The van der Waals surface area contributed by atoms with Crippen LogP contribution in [0.4, 0.5) is 4.79 Å². The van der Waals surface area contributed by atoms with E-state index in [-0.39, 0.29) is 6.54 Å². The number of amides is 1. The van der Waals surface area contributed by atoms with Crippen molar-refractivity contribution < 1.29 is 28.9 Å². The van der Waals surface area contributed by atoms with Crippen molar-refractivity contribution in [1.82, 2.24) is 10.9 Å². The van der Waals surface area contributed by atoms with Gasteiger partial charge in [-0.1, -0.05) is 6.07 Å². The summed E-state index contributed by atoms with van der Waals surface area (Å²) in [6.07, 6.45) is -0.612. The van der Waals surface area contributed by atoms with Crippen molar-refractivity contribution in [1.29, 1.82) is 0 Å². The van der Waals surface area contributed by atoms with Crippen molar-refractivity contribution in [2.45, 2.75) is 32.9 Å². The van der Waals surface area contributed by atoms with Crippen molar-refractivity contribution in [2.24, 2.45) is 0 Å². The minimum atomic E-state index is -1.08. The Balaban J connectivity index is 2.64. The number of ether oxygens (including phenoxy) is 3. The average molecular weight is 326 g/mol. The van der Waals surface area contributed by atoms with Gasteiger partial charge in [0, 0.05) is 18.2 Å². The summed E-state index contributed by atoms with van der Waals surface area (Å²) < 4.78 is 15.4. The molecular weight excluding hydrogens is 304 g/mol. The molecule has 0 aliphatic carbocycles. The number of carbonyl (C=O) groups excluding carboxylic acids is 1. The third-order valence-corrected chi connectivity index (χ3v) is 2.49. The van der Waals surface area contributed by atoms with E-state index in [0.717, 1.165) is 0 Å². The van der Waals surface area contributed by atoms with E-state index in [1.54, 1.807) is 39.0 Å². The number of carboxylic acids is 1. The third kappa shape index (κ3) is 7.37. The molecule has 0 atom stereocenters. The van der Waals surface area contributed by atoms with Gasteiger partial charge in [-0.15, -0.1) is 0 Å². The van der Waals surface area contributed by atoms with Gasteiger partial charge >= 0.3 is 12.1 Å². The summed E-state index contributed by atoms with van der Waals surface area (Å²) in [5.74, 6) is -0.196. The Kier molecular flexibility index (Phi) is 6.65. The molecule has 0 aromatic heterocycles. The molecule has 1 rings (SSSR count). The van der Waals surface area contributed by atoms with Gasteiger partial charge in [0.05, 0.1) is 7.11 Å². The highest BCUT2D eigenvalue weighted by Gasteiger charge is 2.16. The van der Waals surface area contributed by atoms with Crippen molar-refractivity contribution in [3.05, 3.63) is 23.8 Å². The standard InChI is InChI=1S/C15H22N2O6/c1-15(2,3)23-14(20)17-16-8-10-5-6-11(21-4)7-12(10)22-9-13(18)19/h5-7,16H,8-9H2,1-4H3,(H,17,20)(H,18,19). The average Bonchev–Trinajstić information content (AvgIpc) is 2.43.